The molecule has 0 atom stereocenters. The summed E-state index contributed by atoms with van der Waals surface area (Å²) in [5, 5.41) is 16.0. The van der Waals surface area contributed by atoms with Gasteiger partial charge < -0.3 is 24.8 Å². The average Bonchev–Trinajstić information content (AvgIpc) is 3.62. The van der Waals surface area contributed by atoms with Crippen LogP contribution >= 0.6 is 11.3 Å². The van der Waals surface area contributed by atoms with E-state index in [0.29, 0.717) is 18.8 Å². The van der Waals surface area contributed by atoms with Crippen molar-refractivity contribution in [2.45, 2.75) is 25.9 Å². The molecule has 9 heteroatoms. The topological polar surface area (TPSA) is 76.3 Å². The second-order valence-corrected chi connectivity index (χ2v) is 10.8. The first-order valence-electron chi connectivity index (χ1n) is 12.1. The van der Waals surface area contributed by atoms with Crippen molar-refractivity contribution in [3.05, 3.63) is 58.7 Å². The van der Waals surface area contributed by atoms with Crippen LogP contribution in [0.3, 0.4) is 0 Å². The van der Waals surface area contributed by atoms with Crippen LogP contribution in [0, 0.1) is 0 Å². The second-order valence-electron chi connectivity index (χ2n) is 10.0. The SMILES string of the molecule is COc1cc2c(cc1-c1ccn(C)c1)-c1c(c(C(=O)N3CCNCC3(C)C)nn1-c1ccsc1)CN2. The maximum atomic E-state index is 13.9. The van der Waals surface area contributed by atoms with Crippen molar-refractivity contribution in [3.63, 3.8) is 0 Å². The van der Waals surface area contributed by atoms with Crippen molar-refractivity contribution in [1.82, 2.24) is 24.6 Å². The Morgan fingerprint density at radius 3 is 2.78 bits per heavy atom. The summed E-state index contributed by atoms with van der Waals surface area (Å²) in [6, 6.07) is 8.33. The number of fused-ring (bicyclic) bond motifs is 3. The van der Waals surface area contributed by atoms with Crippen LogP contribution in [0.25, 0.3) is 28.1 Å². The zero-order valence-corrected chi connectivity index (χ0v) is 21.8. The number of hydrogen-bond donors (Lipinski definition) is 2. The Labute approximate surface area is 214 Å². The highest BCUT2D eigenvalue weighted by Gasteiger charge is 2.38. The van der Waals surface area contributed by atoms with Gasteiger partial charge in [-0.05, 0) is 37.4 Å². The number of aromatic nitrogens is 3. The van der Waals surface area contributed by atoms with Crippen molar-refractivity contribution < 1.29 is 9.53 Å². The number of piperazine rings is 1. The highest BCUT2D eigenvalue weighted by molar-refractivity contribution is 7.08. The molecule has 0 saturated carbocycles. The Balaban J connectivity index is 1.55. The van der Waals surface area contributed by atoms with Crippen LogP contribution in [0.5, 0.6) is 5.75 Å². The number of thiophene rings is 1. The van der Waals surface area contributed by atoms with Gasteiger partial charge in [0, 0.05) is 85.0 Å². The normalized spacial score (nSPS) is 16.3. The van der Waals surface area contributed by atoms with Crippen LogP contribution < -0.4 is 15.4 Å². The van der Waals surface area contributed by atoms with Gasteiger partial charge >= 0.3 is 0 Å². The average molecular weight is 503 g/mol. The van der Waals surface area contributed by atoms with Gasteiger partial charge in [0.2, 0.25) is 0 Å². The minimum Gasteiger partial charge on any atom is -0.496 e. The molecule has 186 valence electrons. The molecule has 2 N–H and O–H groups in total. The van der Waals surface area contributed by atoms with Gasteiger partial charge in [-0.3, -0.25) is 4.79 Å². The fourth-order valence-corrected chi connectivity index (χ4v) is 5.90. The van der Waals surface area contributed by atoms with E-state index in [4.69, 9.17) is 9.84 Å². The molecule has 36 heavy (non-hydrogen) atoms. The summed E-state index contributed by atoms with van der Waals surface area (Å²) in [6.07, 6.45) is 4.11. The van der Waals surface area contributed by atoms with Gasteiger partial charge in [-0.2, -0.15) is 16.4 Å². The summed E-state index contributed by atoms with van der Waals surface area (Å²) in [7, 11) is 3.71. The number of benzene rings is 1. The van der Waals surface area contributed by atoms with E-state index >= 15 is 0 Å². The molecule has 0 spiro atoms. The Hall–Kier alpha value is -3.56. The third-order valence-corrected chi connectivity index (χ3v) is 7.85. The minimum atomic E-state index is -0.289. The molecule has 2 aliphatic heterocycles. The first-order chi connectivity index (χ1) is 17.4. The number of carbonyl (C=O) groups is 1. The molecular weight excluding hydrogens is 472 g/mol. The summed E-state index contributed by atoms with van der Waals surface area (Å²) in [6.45, 7) is 6.92. The summed E-state index contributed by atoms with van der Waals surface area (Å²) in [5.41, 5.74) is 7.12. The monoisotopic (exact) mass is 502 g/mol. The van der Waals surface area contributed by atoms with Crippen molar-refractivity contribution >= 4 is 22.9 Å². The van der Waals surface area contributed by atoms with Crippen LogP contribution in [-0.2, 0) is 13.6 Å². The summed E-state index contributed by atoms with van der Waals surface area (Å²) in [5.74, 6) is 0.783. The molecule has 8 nitrogen and oxygen atoms in total. The first-order valence-corrected chi connectivity index (χ1v) is 13.1. The van der Waals surface area contributed by atoms with Crippen molar-refractivity contribution in [2.75, 3.05) is 32.1 Å². The number of nitrogens with one attached hydrogen (secondary N) is 2. The van der Waals surface area contributed by atoms with Crippen molar-refractivity contribution in [2.24, 2.45) is 7.05 Å². The maximum Gasteiger partial charge on any atom is 0.275 e. The zero-order valence-electron chi connectivity index (χ0n) is 21.0. The summed E-state index contributed by atoms with van der Waals surface area (Å²) >= 11 is 1.62. The number of anilines is 1. The standard InChI is InChI=1S/C27H30N6O2S/c1-27(2)16-28-7-9-32(27)26(34)24-21-13-29-22-12-23(35-4)19(17-5-8-31(3)14-17)11-20(22)25(21)33(30-24)18-6-10-36-15-18/h5-6,8,10-12,14-15,28-29H,7,9,13,16H2,1-4H3. The molecule has 0 unspecified atom stereocenters. The van der Waals surface area contributed by atoms with E-state index in [9.17, 15) is 4.79 Å². The van der Waals surface area contributed by atoms with Gasteiger partial charge in [0.25, 0.3) is 5.91 Å². The molecule has 2 aliphatic rings. The fraction of sp³-hybridized carbons (Fsp3) is 0.333. The van der Waals surface area contributed by atoms with Gasteiger partial charge in [0.15, 0.2) is 5.69 Å². The van der Waals surface area contributed by atoms with Gasteiger partial charge in [-0.1, -0.05) is 0 Å². The van der Waals surface area contributed by atoms with E-state index in [1.54, 1.807) is 18.4 Å². The van der Waals surface area contributed by atoms with Crippen LogP contribution in [-0.4, -0.2) is 57.4 Å². The van der Waals surface area contributed by atoms with E-state index in [1.165, 1.54) is 0 Å². The molecule has 1 saturated heterocycles. The number of rotatable bonds is 4. The Kier molecular flexibility index (Phi) is 5.42. The lowest BCUT2D eigenvalue weighted by Gasteiger charge is -2.42. The molecule has 0 bridgehead atoms. The summed E-state index contributed by atoms with van der Waals surface area (Å²) < 4.78 is 9.74. The predicted octanol–water partition coefficient (Wildman–Crippen LogP) is 4.36. The number of nitrogens with zero attached hydrogens (tertiary/aromatic N) is 4. The number of ether oxygens (including phenoxy) is 1. The second kappa shape index (κ2) is 8.53. The largest absolute Gasteiger partial charge is 0.496 e. The molecule has 4 aromatic rings. The van der Waals surface area contributed by atoms with E-state index in [2.05, 4.69) is 48.2 Å². The number of methoxy groups -OCH3 is 1. The molecule has 0 radical (unpaired) electrons. The Bertz CT molecular complexity index is 1450. The quantitative estimate of drug-likeness (QED) is 0.434. The molecule has 6 rings (SSSR count). The predicted molar refractivity (Wildman–Crippen MR) is 143 cm³/mol. The molecule has 1 fully saturated rings. The maximum absolute atomic E-state index is 13.9. The van der Waals surface area contributed by atoms with Crippen LogP contribution in [0.1, 0.15) is 29.9 Å². The zero-order chi connectivity index (χ0) is 25.0. The highest BCUT2D eigenvalue weighted by Crippen LogP contribution is 2.45. The van der Waals surface area contributed by atoms with Crippen molar-refractivity contribution in [1.29, 1.82) is 0 Å². The van der Waals surface area contributed by atoms with Crippen molar-refractivity contribution in [3.8, 4) is 33.8 Å². The van der Waals surface area contributed by atoms with Gasteiger partial charge in [-0.25, -0.2) is 4.68 Å². The van der Waals surface area contributed by atoms with Gasteiger partial charge in [-0.15, -0.1) is 0 Å². The molecule has 1 aromatic carbocycles. The number of hydrogen-bond acceptors (Lipinski definition) is 6. The molecule has 0 aliphatic carbocycles. The number of carbonyl (C=O) groups excluding carboxylic acids is 1. The number of aryl methyl sites for hydroxylation is 1. The van der Waals surface area contributed by atoms with Crippen LogP contribution in [0.4, 0.5) is 5.69 Å². The first kappa shape index (κ1) is 22.9. The molecular formula is C27H30N6O2S. The lowest BCUT2D eigenvalue weighted by molar-refractivity contribution is 0.0470. The van der Waals surface area contributed by atoms with E-state index in [-0.39, 0.29) is 11.4 Å². The van der Waals surface area contributed by atoms with E-state index < -0.39 is 0 Å². The lowest BCUT2D eigenvalue weighted by atomic mass is 9.94. The third kappa shape index (κ3) is 3.61. The molecule has 3 aromatic heterocycles. The van der Waals surface area contributed by atoms with Gasteiger partial charge in [0.1, 0.15) is 5.75 Å². The minimum absolute atomic E-state index is 0.0197. The smallest absolute Gasteiger partial charge is 0.275 e. The van der Waals surface area contributed by atoms with Crippen LogP contribution in [0.15, 0.2) is 47.4 Å². The highest BCUT2D eigenvalue weighted by atomic mass is 32.1. The van der Waals surface area contributed by atoms with Gasteiger partial charge in [0.05, 0.1) is 24.0 Å². The Morgan fingerprint density at radius 2 is 2.08 bits per heavy atom. The number of amides is 1. The van der Waals surface area contributed by atoms with E-state index in [1.807, 2.05) is 44.9 Å². The van der Waals surface area contributed by atoms with Crippen LogP contribution in [0.2, 0.25) is 0 Å². The molecule has 1 amide bonds. The third-order valence-electron chi connectivity index (χ3n) is 7.18. The summed E-state index contributed by atoms with van der Waals surface area (Å²) in [4.78, 5) is 15.9. The lowest BCUT2D eigenvalue weighted by Crippen LogP contribution is -2.60. The fourth-order valence-electron chi connectivity index (χ4n) is 5.28. The van der Waals surface area contributed by atoms with E-state index in [0.717, 1.165) is 58.2 Å². The molecule has 5 heterocycles. The Morgan fingerprint density at radius 1 is 1.22 bits per heavy atom.